The number of aliphatic hydroxyl groups excluding tert-OH is 1. The third kappa shape index (κ3) is 3.00. The first-order valence-corrected chi connectivity index (χ1v) is 6.31. The van der Waals surface area contributed by atoms with Gasteiger partial charge >= 0.3 is 0 Å². The summed E-state index contributed by atoms with van der Waals surface area (Å²) in [4.78, 5) is 0. The molecule has 1 atom stereocenters. The summed E-state index contributed by atoms with van der Waals surface area (Å²) < 4.78 is 13.0. The van der Waals surface area contributed by atoms with E-state index in [1.807, 2.05) is 30.3 Å². The molecule has 0 saturated heterocycles. The van der Waals surface area contributed by atoms with E-state index in [1.54, 1.807) is 12.1 Å². The zero-order valence-corrected chi connectivity index (χ0v) is 10.6. The van der Waals surface area contributed by atoms with Gasteiger partial charge in [-0.25, -0.2) is 4.39 Å². The molecule has 0 aliphatic rings. The largest absolute Gasteiger partial charge is 0.396 e. The standard InChI is InChI=1S/C16H17FO2/c17-15-9-7-14(8-10-15)16(19,11-4-12-18)13-5-2-1-3-6-13/h1-3,5-10,18-19H,4,11-12H2. The van der Waals surface area contributed by atoms with E-state index in [0.29, 0.717) is 18.4 Å². The Hall–Kier alpha value is -1.71. The van der Waals surface area contributed by atoms with Crippen LogP contribution in [0.4, 0.5) is 4.39 Å². The third-order valence-corrected chi connectivity index (χ3v) is 3.27. The van der Waals surface area contributed by atoms with Gasteiger partial charge in [-0.05, 0) is 36.1 Å². The number of aliphatic hydroxyl groups is 2. The second kappa shape index (κ2) is 5.95. The fourth-order valence-corrected chi connectivity index (χ4v) is 2.23. The third-order valence-electron chi connectivity index (χ3n) is 3.27. The topological polar surface area (TPSA) is 40.5 Å². The van der Waals surface area contributed by atoms with Crippen LogP contribution >= 0.6 is 0 Å². The molecule has 0 saturated carbocycles. The Labute approximate surface area is 112 Å². The summed E-state index contributed by atoms with van der Waals surface area (Å²) in [6.07, 6.45) is 0.863. The molecule has 19 heavy (non-hydrogen) atoms. The summed E-state index contributed by atoms with van der Waals surface area (Å²) in [6.45, 7) is 0.0103. The van der Waals surface area contributed by atoms with Gasteiger partial charge < -0.3 is 10.2 Å². The first kappa shape index (κ1) is 13.7. The highest BCUT2D eigenvalue weighted by atomic mass is 19.1. The highest BCUT2D eigenvalue weighted by molar-refractivity contribution is 5.35. The molecule has 0 aromatic heterocycles. The molecule has 0 fully saturated rings. The van der Waals surface area contributed by atoms with E-state index < -0.39 is 5.60 Å². The molecule has 0 aliphatic carbocycles. The van der Waals surface area contributed by atoms with E-state index in [4.69, 9.17) is 5.11 Å². The van der Waals surface area contributed by atoms with Gasteiger partial charge in [-0.3, -0.25) is 0 Å². The molecular weight excluding hydrogens is 243 g/mol. The van der Waals surface area contributed by atoms with Crippen LogP contribution in [0.5, 0.6) is 0 Å². The van der Waals surface area contributed by atoms with Crippen molar-refractivity contribution in [2.75, 3.05) is 6.61 Å². The molecule has 0 heterocycles. The highest BCUT2D eigenvalue weighted by Crippen LogP contribution is 2.33. The highest BCUT2D eigenvalue weighted by Gasteiger charge is 2.30. The van der Waals surface area contributed by atoms with Crippen molar-refractivity contribution in [3.63, 3.8) is 0 Å². The quantitative estimate of drug-likeness (QED) is 0.868. The molecule has 0 amide bonds. The van der Waals surface area contributed by atoms with Crippen LogP contribution in [-0.2, 0) is 5.60 Å². The molecule has 1 unspecified atom stereocenters. The van der Waals surface area contributed by atoms with Gasteiger partial charge in [-0.1, -0.05) is 42.5 Å². The summed E-state index contributed by atoms with van der Waals surface area (Å²) in [5.41, 5.74) is 0.182. The minimum absolute atomic E-state index is 0.0103. The van der Waals surface area contributed by atoms with E-state index in [1.165, 1.54) is 12.1 Å². The summed E-state index contributed by atoms with van der Waals surface area (Å²) in [5, 5.41) is 19.9. The molecule has 0 aliphatic heterocycles. The van der Waals surface area contributed by atoms with E-state index >= 15 is 0 Å². The average molecular weight is 260 g/mol. The second-order valence-corrected chi connectivity index (χ2v) is 4.56. The van der Waals surface area contributed by atoms with Gasteiger partial charge in [0.05, 0.1) is 0 Å². The van der Waals surface area contributed by atoms with Gasteiger partial charge in [0.2, 0.25) is 0 Å². The van der Waals surface area contributed by atoms with Crippen molar-refractivity contribution in [3.05, 3.63) is 71.5 Å². The van der Waals surface area contributed by atoms with Crippen molar-refractivity contribution in [2.24, 2.45) is 0 Å². The average Bonchev–Trinajstić information content (AvgIpc) is 2.46. The van der Waals surface area contributed by atoms with Gasteiger partial charge in [-0.15, -0.1) is 0 Å². The molecular formula is C16H17FO2. The van der Waals surface area contributed by atoms with Gasteiger partial charge in [0.25, 0.3) is 0 Å². The maximum atomic E-state index is 13.0. The molecule has 2 rings (SSSR count). The minimum atomic E-state index is -1.20. The molecule has 0 spiro atoms. The Morgan fingerprint density at radius 2 is 1.47 bits per heavy atom. The van der Waals surface area contributed by atoms with Crippen molar-refractivity contribution in [1.29, 1.82) is 0 Å². The Morgan fingerprint density at radius 1 is 0.895 bits per heavy atom. The lowest BCUT2D eigenvalue weighted by Crippen LogP contribution is -2.27. The van der Waals surface area contributed by atoms with Gasteiger partial charge in [0.1, 0.15) is 11.4 Å². The number of hydrogen-bond acceptors (Lipinski definition) is 2. The summed E-state index contributed by atoms with van der Waals surface area (Å²) in [6, 6.07) is 15.1. The fourth-order valence-electron chi connectivity index (χ4n) is 2.23. The monoisotopic (exact) mass is 260 g/mol. The Morgan fingerprint density at radius 3 is 2.05 bits per heavy atom. The van der Waals surface area contributed by atoms with Gasteiger partial charge in [-0.2, -0.15) is 0 Å². The lowest BCUT2D eigenvalue weighted by molar-refractivity contribution is 0.0625. The van der Waals surface area contributed by atoms with Gasteiger partial charge in [0, 0.05) is 6.61 Å². The second-order valence-electron chi connectivity index (χ2n) is 4.56. The molecule has 2 nitrogen and oxygen atoms in total. The Kier molecular flexibility index (Phi) is 4.30. The van der Waals surface area contributed by atoms with E-state index in [-0.39, 0.29) is 12.4 Å². The molecule has 3 heteroatoms. The predicted molar refractivity (Wildman–Crippen MR) is 72.2 cm³/mol. The number of rotatable bonds is 5. The molecule has 2 aromatic rings. The van der Waals surface area contributed by atoms with Crippen molar-refractivity contribution in [3.8, 4) is 0 Å². The van der Waals surface area contributed by atoms with Crippen LogP contribution in [0.3, 0.4) is 0 Å². The van der Waals surface area contributed by atoms with Crippen LogP contribution in [0.1, 0.15) is 24.0 Å². The maximum Gasteiger partial charge on any atom is 0.123 e. The fraction of sp³-hybridized carbons (Fsp3) is 0.250. The van der Waals surface area contributed by atoms with Crippen LogP contribution in [0.2, 0.25) is 0 Å². The first-order valence-electron chi connectivity index (χ1n) is 6.31. The van der Waals surface area contributed by atoms with Crippen LogP contribution < -0.4 is 0 Å². The maximum absolute atomic E-state index is 13.0. The summed E-state index contributed by atoms with van der Waals surface area (Å²) >= 11 is 0. The number of benzene rings is 2. The first-order chi connectivity index (χ1) is 9.16. The van der Waals surface area contributed by atoms with E-state index in [0.717, 1.165) is 5.56 Å². The van der Waals surface area contributed by atoms with Crippen molar-refractivity contribution in [1.82, 2.24) is 0 Å². The summed E-state index contributed by atoms with van der Waals surface area (Å²) in [7, 11) is 0. The number of hydrogen-bond donors (Lipinski definition) is 2. The zero-order valence-electron chi connectivity index (χ0n) is 10.6. The minimum Gasteiger partial charge on any atom is -0.396 e. The molecule has 0 bridgehead atoms. The molecule has 2 aromatic carbocycles. The smallest absolute Gasteiger partial charge is 0.123 e. The SMILES string of the molecule is OCCCC(O)(c1ccccc1)c1ccc(F)cc1. The van der Waals surface area contributed by atoms with Crippen molar-refractivity contribution >= 4 is 0 Å². The Balaban J connectivity index is 2.42. The van der Waals surface area contributed by atoms with Crippen LogP contribution in [0.25, 0.3) is 0 Å². The summed E-state index contributed by atoms with van der Waals surface area (Å²) in [5.74, 6) is -0.332. The molecule has 100 valence electrons. The lowest BCUT2D eigenvalue weighted by Gasteiger charge is -2.29. The van der Waals surface area contributed by atoms with Gasteiger partial charge in [0.15, 0.2) is 0 Å². The van der Waals surface area contributed by atoms with E-state index in [2.05, 4.69) is 0 Å². The molecule has 0 radical (unpaired) electrons. The normalized spacial score (nSPS) is 14.1. The van der Waals surface area contributed by atoms with Crippen molar-refractivity contribution < 1.29 is 14.6 Å². The Bertz CT molecular complexity index is 510. The number of halogens is 1. The van der Waals surface area contributed by atoms with Crippen LogP contribution in [0, 0.1) is 5.82 Å². The lowest BCUT2D eigenvalue weighted by atomic mass is 9.83. The molecule has 2 N–H and O–H groups in total. The van der Waals surface area contributed by atoms with Crippen molar-refractivity contribution in [2.45, 2.75) is 18.4 Å². The zero-order chi connectivity index (χ0) is 13.7. The van der Waals surface area contributed by atoms with Crippen LogP contribution in [0.15, 0.2) is 54.6 Å². The van der Waals surface area contributed by atoms with E-state index in [9.17, 15) is 9.50 Å². The predicted octanol–water partition coefficient (Wildman–Crippen LogP) is 2.83. The van der Waals surface area contributed by atoms with Crippen LogP contribution in [-0.4, -0.2) is 16.8 Å².